The van der Waals surface area contributed by atoms with Gasteiger partial charge >= 0.3 is 5.97 Å². The molecule has 2 aromatic heterocycles. The highest BCUT2D eigenvalue weighted by Gasteiger charge is 2.13. The predicted molar refractivity (Wildman–Crippen MR) is 79.9 cm³/mol. The molecule has 0 unspecified atom stereocenters. The fraction of sp³-hybridized carbons (Fsp3) is 0.400. The zero-order valence-electron chi connectivity index (χ0n) is 12.6. The standard InChI is InChI=1S/C15H19N3O3/c1-9(2)7-21-14-12-11(5-10(3)15(19)20-4)6-16-13(12)17-8-18-14/h5-6,8-9H,7H2,1-4H3,(H,16,17,18). The summed E-state index contributed by atoms with van der Waals surface area (Å²) in [6.07, 6.45) is 4.96. The number of fused-ring (bicyclic) bond motifs is 1. The van der Waals surface area contributed by atoms with Gasteiger partial charge in [-0.2, -0.15) is 0 Å². The van der Waals surface area contributed by atoms with Gasteiger partial charge in [-0.3, -0.25) is 0 Å². The Labute approximate surface area is 123 Å². The van der Waals surface area contributed by atoms with Gasteiger partial charge in [0.2, 0.25) is 5.88 Å². The first kappa shape index (κ1) is 15.0. The van der Waals surface area contributed by atoms with E-state index < -0.39 is 0 Å². The molecule has 0 aromatic carbocycles. The van der Waals surface area contributed by atoms with Gasteiger partial charge in [0, 0.05) is 17.3 Å². The van der Waals surface area contributed by atoms with E-state index in [9.17, 15) is 4.79 Å². The Morgan fingerprint density at radius 2 is 2.19 bits per heavy atom. The van der Waals surface area contributed by atoms with Gasteiger partial charge < -0.3 is 14.5 Å². The van der Waals surface area contributed by atoms with E-state index in [4.69, 9.17) is 9.47 Å². The van der Waals surface area contributed by atoms with Crippen LogP contribution in [-0.2, 0) is 9.53 Å². The summed E-state index contributed by atoms with van der Waals surface area (Å²) in [6, 6.07) is 0. The first-order valence-electron chi connectivity index (χ1n) is 6.74. The number of nitrogens with one attached hydrogen (secondary N) is 1. The Morgan fingerprint density at radius 1 is 1.43 bits per heavy atom. The Bertz CT molecular complexity index is 674. The number of methoxy groups -OCH3 is 1. The van der Waals surface area contributed by atoms with Gasteiger partial charge in [0.1, 0.15) is 12.0 Å². The lowest BCUT2D eigenvalue weighted by atomic mass is 10.1. The molecule has 0 spiro atoms. The maximum absolute atomic E-state index is 11.5. The third kappa shape index (κ3) is 3.39. The van der Waals surface area contributed by atoms with Gasteiger partial charge in [-0.15, -0.1) is 0 Å². The van der Waals surface area contributed by atoms with E-state index in [-0.39, 0.29) is 5.97 Å². The molecular weight excluding hydrogens is 270 g/mol. The fourth-order valence-corrected chi connectivity index (χ4v) is 1.88. The van der Waals surface area contributed by atoms with Gasteiger partial charge in [0.05, 0.1) is 19.1 Å². The molecule has 0 saturated carbocycles. The molecule has 112 valence electrons. The molecule has 0 aliphatic heterocycles. The molecule has 0 atom stereocenters. The van der Waals surface area contributed by atoms with Crippen LogP contribution in [0.3, 0.4) is 0 Å². The van der Waals surface area contributed by atoms with Crippen molar-refractivity contribution in [3.05, 3.63) is 23.7 Å². The van der Waals surface area contributed by atoms with Crippen LogP contribution >= 0.6 is 0 Å². The number of hydrogen-bond acceptors (Lipinski definition) is 5. The Balaban J connectivity index is 2.43. The van der Waals surface area contributed by atoms with Crippen molar-refractivity contribution in [1.82, 2.24) is 15.0 Å². The summed E-state index contributed by atoms with van der Waals surface area (Å²) in [4.78, 5) is 22.9. The molecule has 2 aromatic rings. The monoisotopic (exact) mass is 289 g/mol. The van der Waals surface area contributed by atoms with Gasteiger partial charge in [-0.05, 0) is 18.9 Å². The molecule has 2 heterocycles. The van der Waals surface area contributed by atoms with E-state index in [1.807, 2.05) is 0 Å². The van der Waals surface area contributed by atoms with Crippen LogP contribution < -0.4 is 4.74 Å². The van der Waals surface area contributed by atoms with Gasteiger partial charge in [0.25, 0.3) is 0 Å². The first-order valence-corrected chi connectivity index (χ1v) is 6.74. The fourth-order valence-electron chi connectivity index (χ4n) is 1.88. The highest BCUT2D eigenvalue weighted by atomic mass is 16.5. The van der Waals surface area contributed by atoms with Crippen molar-refractivity contribution < 1.29 is 14.3 Å². The molecule has 1 N–H and O–H groups in total. The molecule has 0 aliphatic rings. The second-order valence-electron chi connectivity index (χ2n) is 5.17. The van der Waals surface area contributed by atoms with E-state index in [1.165, 1.54) is 13.4 Å². The van der Waals surface area contributed by atoms with Crippen LogP contribution in [0, 0.1) is 5.92 Å². The number of nitrogens with zero attached hydrogens (tertiary/aromatic N) is 2. The van der Waals surface area contributed by atoms with E-state index in [0.29, 0.717) is 29.6 Å². The third-order valence-corrected chi connectivity index (χ3v) is 2.90. The van der Waals surface area contributed by atoms with E-state index >= 15 is 0 Å². The van der Waals surface area contributed by atoms with Crippen LogP contribution in [-0.4, -0.2) is 34.6 Å². The van der Waals surface area contributed by atoms with Crippen LogP contribution in [0.25, 0.3) is 17.1 Å². The van der Waals surface area contributed by atoms with Crippen molar-refractivity contribution in [2.45, 2.75) is 20.8 Å². The Hall–Kier alpha value is -2.37. The number of aromatic nitrogens is 3. The van der Waals surface area contributed by atoms with E-state index in [1.54, 1.807) is 19.2 Å². The summed E-state index contributed by atoms with van der Waals surface area (Å²) in [6.45, 7) is 6.40. The first-order chi connectivity index (χ1) is 10.0. The zero-order chi connectivity index (χ0) is 15.4. The number of H-pyrrole nitrogens is 1. The largest absolute Gasteiger partial charge is 0.477 e. The molecule has 2 rings (SSSR count). The van der Waals surface area contributed by atoms with Crippen LogP contribution in [0.1, 0.15) is 26.3 Å². The van der Waals surface area contributed by atoms with Crippen LogP contribution in [0.4, 0.5) is 0 Å². The lowest BCUT2D eigenvalue weighted by molar-refractivity contribution is -0.135. The second-order valence-corrected chi connectivity index (χ2v) is 5.17. The molecule has 0 saturated heterocycles. The minimum Gasteiger partial charge on any atom is -0.477 e. The molecule has 6 heteroatoms. The number of rotatable bonds is 5. The Morgan fingerprint density at radius 3 is 2.86 bits per heavy atom. The summed E-state index contributed by atoms with van der Waals surface area (Å²) < 4.78 is 10.4. The van der Waals surface area contributed by atoms with Crippen LogP contribution in [0.5, 0.6) is 5.88 Å². The quantitative estimate of drug-likeness (QED) is 0.676. The minimum atomic E-state index is -0.370. The van der Waals surface area contributed by atoms with Gasteiger partial charge in [0.15, 0.2) is 0 Å². The number of ether oxygens (including phenoxy) is 2. The molecule has 6 nitrogen and oxygen atoms in total. The van der Waals surface area contributed by atoms with Gasteiger partial charge in [-0.25, -0.2) is 14.8 Å². The molecular formula is C15H19N3O3. The van der Waals surface area contributed by atoms with Gasteiger partial charge in [-0.1, -0.05) is 13.8 Å². The normalized spacial score (nSPS) is 12.0. The number of esters is 1. The summed E-state index contributed by atoms with van der Waals surface area (Å²) in [5, 5.41) is 0.765. The van der Waals surface area contributed by atoms with Crippen molar-refractivity contribution in [2.24, 2.45) is 5.92 Å². The van der Waals surface area contributed by atoms with Crippen molar-refractivity contribution in [1.29, 1.82) is 0 Å². The van der Waals surface area contributed by atoms with Crippen molar-refractivity contribution >= 4 is 23.1 Å². The minimum absolute atomic E-state index is 0.370. The maximum atomic E-state index is 11.5. The number of aromatic amines is 1. The molecule has 0 amide bonds. The number of hydrogen-bond donors (Lipinski definition) is 1. The predicted octanol–water partition coefficient (Wildman–Crippen LogP) is 2.57. The van der Waals surface area contributed by atoms with Crippen molar-refractivity contribution in [2.75, 3.05) is 13.7 Å². The molecule has 21 heavy (non-hydrogen) atoms. The highest BCUT2D eigenvalue weighted by Crippen LogP contribution is 2.27. The lowest BCUT2D eigenvalue weighted by Gasteiger charge is -2.08. The van der Waals surface area contributed by atoms with Crippen LogP contribution in [0.2, 0.25) is 0 Å². The molecule has 0 bridgehead atoms. The topological polar surface area (TPSA) is 77.1 Å². The average Bonchev–Trinajstić information content (AvgIpc) is 2.87. The summed E-state index contributed by atoms with van der Waals surface area (Å²) in [7, 11) is 1.36. The number of carbonyl (C=O) groups excluding carboxylic acids is 1. The molecule has 0 fully saturated rings. The van der Waals surface area contributed by atoms with E-state index in [0.717, 1.165) is 10.9 Å². The molecule has 0 aliphatic carbocycles. The average molecular weight is 289 g/mol. The van der Waals surface area contributed by atoms with Crippen molar-refractivity contribution in [3.63, 3.8) is 0 Å². The Kier molecular flexibility index (Phi) is 4.57. The molecule has 0 radical (unpaired) electrons. The summed E-state index contributed by atoms with van der Waals surface area (Å²) in [5.74, 6) is 0.537. The summed E-state index contributed by atoms with van der Waals surface area (Å²) >= 11 is 0. The number of carbonyl (C=O) groups is 1. The summed E-state index contributed by atoms with van der Waals surface area (Å²) in [5.41, 5.74) is 1.97. The lowest BCUT2D eigenvalue weighted by Crippen LogP contribution is -2.06. The zero-order valence-corrected chi connectivity index (χ0v) is 12.6. The smallest absolute Gasteiger partial charge is 0.333 e. The second kappa shape index (κ2) is 6.39. The van der Waals surface area contributed by atoms with Crippen LogP contribution in [0.15, 0.2) is 18.1 Å². The van der Waals surface area contributed by atoms with Crippen molar-refractivity contribution in [3.8, 4) is 5.88 Å². The highest BCUT2D eigenvalue weighted by molar-refractivity contribution is 5.98. The van der Waals surface area contributed by atoms with E-state index in [2.05, 4.69) is 28.8 Å². The third-order valence-electron chi connectivity index (χ3n) is 2.90. The SMILES string of the molecule is COC(=O)C(C)=Cc1c[nH]c2ncnc(OCC(C)C)c12. The maximum Gasteiger partial charge on any atom is 0.333 e.